The molecule has 4 aliphatic rings. The minimum Gasteiger partial charge on any atom is -0.392 e. The van der Waals surface area contributed by atoms with Crippen LogP contribution in [0.3, 0.4) is 0 Å². The Labute approximate surface area is 144 Å². The highest BCUT2D eigenvalue weighted by Gasteiger charge is 2.71. The lowest BCUT2D eigenvalue weighted by molar-refractivity contribution is -0.178. The topological polar surface area (TPSA) is 107 Å². The van der Waals surface area contributed by atoms with Crippen molar-refractivity contribution in [2.75, 3.05) is 0 Å². The zero-order valence-corrected chi connectivity index (χ0v) is 15.0. The highest BCUT2D eigenvalue weighted by molar-refractivity contribution is 5.21. The largest absolute Gasteiger partial charge is 0.392 e. The maximum absolute atomic E-state index is 11.6. The van der Waals surface area contributed by atoms with Crippen LogP contribution in [-0.2, 0) is 0 Å². The molecular weight excluding hydrogens is 306 g/mol. The molecule has 4 rings (SSSR count). The van der Waals surface area contributed by atoms with E-state index in [1.807, 2.05) is 13.8 Å². The first-order valence-electron chi connectivity index (χ1n) is 9.59. The van der Waals surface area contributed by atoms with Gasteiger partial charge in [-0.1, -0.05) is 20.8 Å². The van der Waals surface area contributed by atoms with E-state index < -0.39 is 29.3 Å². The number of aliphatic hydroxyl groups is 4. The average molecular weight is 339 g/mol. The maximum Gasteiger partial charge on any atom is 0.101 e. The lowest BCUT2D eigenvalue weighted by Crippen LogP contribution is -2.57. The summed E-state index contributed by atoms with van der Waals surface area (Å²) in [6.45, 7) is 5.87. The number of fused-ring (bicyclic) bond motifs is 2. The fourth-order valence-corrected chi connectivity index (χ4v) is 7.46. The van der Waals surface area contributed by atoms with Crippen LogP contribution >= 0.6 is 0 Å². The zero-order valence-electron chi connectivity index (χ0n) is 15.0. The van der Waals surface area contributed by atoms with Crippen molar-refractivity contribution in [1.29, 1.82) is 0 Å². The summed E-state index contributed by atoms with van der Waals surface area (Å²) >= 11 is 0. The fraction of sp³-hybridized carbons (Fsp3) is 1.00. The molecule has 0 radical (unpaired) electrons. The van der Waals surface area contributed by atoms with Gasteiger partial charge in [0.25, 0.3) is 0 Å². The standard InChI is InChI=1S/C19H33NO4/c1-9-11-5-4-10-13(20)7-18(11,16(10)23)8-15(22)19(24)12(9)6-14(21)17(19,2)3/h9-16,21-24H,4-8,20H2,1-3H3/t9-,10-,11-,12-,13+,14-,15+,16+,18+,19-/m0/s1. The second-order valence-electron chi connectivity index (χ2n) is 9.88. The number of rotatable bonds is 0. The Morgan fingerprint density at radius 1 is 0.958 bits per heavy atom. The Balaban J connectivity index is 1.82. The number of hydrogen-bond acceptors (Lipinski definition) is 5. The van der Waals surface area contributed by atoms with Crippen LogP contribution in [0.5, 0.6) is 0 Å². The number of hydrogen-bond donors (Lipinski definition) is 5. The summed E-state index contributed by atoms with van der Waals surface area (Å²) in [5, 5.41) is 44.4. The molecule has 0 amide bonds. The molecule has 6 N–H and O–H groups in total. The first-order valence-corrected chi connectivity index (χ1v) is 9.59. The molecule has 0 aromatic rings. The van der Waals surface area contributed by atoms with Crippen molar-refractivity contribution in [3.05, 3.63) is 0 Å². The van der Waals surface area contributed by atoms with Crippen molar-refractivity contribution in [3.8, 4) is 0 Å². The lowest BCUT2D eigenvalue weighted by atomic mass is 9.59. The van der Waals surface area contributed by atoms with E-state index in [1.165, 1.54) is 0 Å². The van der Waals surface area contributed by atoms with Gasteiger partial charge in [-0.15, -0.1) is 0 Å². The molecule has 4 saturated carbocycles. The maximum atomic E-state index is 11.6. The molecule has 0 aliphatic heterocycles. The van der Waals surface area contributed by atoms with E-state index in [-0.39, 0.29) is 35.1 Å². The zero-order chi connectivity index (χ0) is 17.7. The Morgan fingerprint density at radius 2 is 1.62 bits per heavy atom. The molecule has 24 heavy (non-hydrogen) atoms. The third-order valence-corrected chi connectivity index (χ3v) is 8.97. The van der Waals surface area contributed by atoms with Crippen LogP contribution in [0.1, 0.15) is 52.9 Å². The number of aliphatic hydroxyl groups excluding tert-OH is 3. The van der Waals surface area contributed by atoms with E-state index in [4.69, 9.17) is 5.73 Å². The van der Waals surface area contributed by atoms with Crippen molar-refractivity contribution in [2.24, 2.45) is 40.2 Å². The predicted octanol–water partition coefficient (Wildman–Crippen LogP) is 0.630. The third kappa shape index (κ3) is 1.73. The molecule has 4 aliphatic carbocycles. The van der Waals surface area contributed by atoms with Crippen molar-refractivity contribution in [1.82, 2.24) is 0 Å². The molecule has 1 spiro atoms. The SMILES string of the molecule is C[C@H]1[C@@H]2CC[C@H]3[C@H](N)C[C@]2(C[C@@H](O)[C@@]2(O)[C@H]1C[C@H](O)C2(C)C)[C@@H]3O. The molecule has 5 nitrogen and oxygen atoms in total. The third-order valence-electron chi connectivity index (χ3n) is 8.97. The van der Waals surface area contributed by atoms with Gasteiger partial charge in [-0.25, -0.2) is 0 Å². The van der Waals surface area contributed by atoms with Crippen molar-refractivity contribution in [2.45, 2.75) is 82.8 Å². The predicted molar refractivity (Wildman–Crippen MR) is 89.9 cm³/mol. The molecule has 0 heterocycles. The molecule has 0 unspecified atom stereocenters. The molecule has 5 heteroatoms. The molecule has 2 bridgehead atoms. The van der Waals surface area contributed by atoms with Crippen LogP contribution < -0.4 is 5.73 Å². The van der Waals surface area contributed by atoms with Crippen LogP contribution in [0.25, 0.3) is 0 Å². The van der Waals surface area contributed by atoms with Gasteiger partial charge in [-0.3, -0.25) is 0 Å². The van der Waals surface area contributed by atoms with Gasteiger partial charge in [0.15, 0.2) is 0 Å². The summed E-state index contributed by atoms with van der Waals surface area (Å²) in [5.41, 5.74) is 3.86. The van der Waals surface area contributed by atoms with Gasteiger partial charge in [0, 0.05) is 22.8 Å². The summed E-state index contributed by atoms with van der Waals surface area (Å²) in [5.74, 6) is 0.353. The minimum absolute atomic E-state index is 0.0180. The first-order chi connectivity index (χ1) is 11.1. The molecule has 4 fully saturated rings. The quantitative estimate of drug-likeness (QED) is 0.445. The Bertz CT molecular complexity index is 539. The fourth-order valence-electron chi connectivity index (χ4n) is 7.46. The van der Waals surface area contributed by atoms with Gasteiger partial charge in [0.05, 0.1) is 18.3 Å². The molecule has 138 valence electrons. The summed E-state index contributed by atoms with van der Waals surface area (Å²) < 4.78 is 0. The van der Waals surface area contributed by atoms with Crippen LogP contribution in [0.2, 0.25) is 0 Å². The van der Waals surface area contributed by atoms with Gasteiger partial charge >= 0.3 is 0 Å². The molecule has 10 atom stereocenters. The van der Waals surface area contributed by atoms with Gasteiger partial charge in [-0.2, -0.15) is 0 Å². The molecule has 0 aromatic heterocycles. The monoisotopic (exact) mass is 339 g/mol. The first kappa shape index (κ1) is 17.2. The second-order valence-corrected chi connectivity index (χ2v) is 9.88. The normalized spacial score (nSPS) is 62.0. The van der Waals surface area contributed by atoms with Gasteiger partial charge < -0.3 is 26.2 Å². The van der Waals surface area contributed by atoms with Crippen LogP contribution in [0.4, 0.5) is 0 Å². The van der Waals surface area contributed by atoms with Gasteiger partial charge in [-0.05, 0) is 49.9 Å². The van der Waals surface area contributed by atoms with Crippen LogP contribution in [-0.4, -0.2) is 50.4 Å². The summed E-state index contributed by atoms with van der Waals surface area (Å²) in [6.07, 6.45) is 1.50. The van der Waals surface area contributed by atoms with Crippen LogP contribution in [0.15, 0.2) is 0 Å². The highest BCUT2D eigenvalue weighted by atomic mass is 16.4. The summed E-state index contributed by atoms with van der Waals surface area (Å²) in [7, 11) is 0. The number of nitrogens with two attached hydrogens (primary N) is 1. The van der Waals surface area contributed by atoms with E-state index in [2.05, 4.69) is 6.92 Å². The molecule has 0 saturated heterocycles. The van der Waals surface area contributed by atoms with Crippen LogP contribution in [0, 0.1) is 34.5 Å². The smallest absolute Gasteiger partial charge is 0.101 e. The van der Waals surface area contributed by atoms with Gasteiger partial charge in [0.1, 0.15) is 5.60 Å². The van der Waals surface area contributed by atoms with E-state index >= 15 is 0 Å². The summed E-state index contributed by atoms with van der Waals surface area (Å²) in [6, 6.07) is -0.0180. The van der Waals surface area contributed by atoms with E-state index in [9.17, 15) is 20.4 Å². The minimum atomic E-state index is -1.32. The van der Waals surface area contributed by atoms with Crippen molar-refractivity contribution >= 4 is 0 Å². The van der Waals surface area contributed by atoms with E-state index in [0.717, 1.165) is 19.3 Å². The average Bonchev–Trinajstić information content (AvgIpc) is 2.73. The summed E-state index contributed by atoms with van der Waals surface area (Å²) in [4.78, 5) is 0. The second kappa shape index (κ2) is 4.95. The Kier molecular flexibility index (Phi) is 3.55. The molecular formula is C19H33NO4. The van der Waals surface area contributed by atoms with E-state index in [1.54, 1.807) is 0 Å². The van der Waals surface area contributed by atoms with E-state index in [0.29, 0.717) is 12.8 Å². The van der Waals surface area contributed by atoms with Gasteiger partial charge in [0.2, 0.25) is 0 Å². The lowest BCUT2D eigenvalue weighted by Gasteiger charge is -2.47. The van der Waals surface area contributed by atoms with Crippen molar-refractivity contribution in [3.63, 3.8) is 0 Å². The highest BCUT2D eigenvalue weighted by Crippen LogP contribution is 2.66. The Morgan fingerprint density at radius 3 is 2.29 bits per heavy atom. The molecule has 0 aromatic carbocycles. The Hall–Kier alpha value is -0.200. The van der Waals surface area contributed by atoms with Crippen molar-refractivity contribution < 1.29 is 20.4 Å².